The molecule has 0 fully saturated rings. The third-order valence-electron chi connectivity index (χ3n) is 3.75. The number of carbonyl (C=O) groups excluding carboxylic acids is 1. The molecule has 2 aromatic heterocycles. The topological polar surface area (TPSA) is 87.6 Å². The van der Waals surface area contributed by atoms with Gasteiger partial charge in [-0.3, -0.25) is 9.78 Å². The van der Waals surface area contributed by atoms with Crippen LogP contribution in [-0.4, -0.2) is 32.6 Å². The van der Waals surface area contributed by atoms with Gasteiger partial charge in [0.15, 0.2) is 0 Å². The van der Waals surface area contributed by atoms with Crippen LogP contribution in [0.5, 0.6) is 0 Å². The molecule has 3 aromatic rings. The molecule has 1 aromatic carbocycles. The van der Waals surface area contributed by atoms with Gasteiger partial charge in [-0.15, -0.1) is 0 Å². The van der Waals surface area contributed by atoms with Crippen molar-refractivity contribution in [3.63, 3.8) is 0 Å². The van der Waals surface area contributed by atoms with Crippen LogP contribution in [0, 0.1) is 13.8 Å². The molecule has 0 spiro atoms. The van der Waals surface area contributed by atoms with E-state index < -0.39 is 0 Å². The summed E-state index contributed by atoms with van der Waals surface area (Å²) < 4.78 is 1.92. The van der Waals surface area contributed by atoms with Crippen molar-refractivity contribution >= 4 is 22.6 Å². The molecule has 3 N–H and O–H groups in total. The second-order valence-corrected chi connectivity index (χ2v) is 5.70. The lowest BCUT2D eigenvalue weighted by Gasteiger charge is -2.15. The van der Waals surface area contributed by atoms with Crippen LogP contribution in [0.4, 0.5) is 10.5 Å². The Kier molecular flexibility index (Phi) is 4.01. The summed E-state index contributed by atoms with van der Waals surface area (Å²) in [5.41, 5.74) is 3.58. The molecule has 7 heteroatoms. The number of para-hydroxylation sites is 1. The van der Waals surface area contributed by atoms with Gasteiger partial charge in [-0.1, -0.05) is 12.1 Å². The number of amides is 2. The molecule has 0 saturated carbocycles. The van der Waals surface area contributed by atoms with E-state index in [-0.39, 0.29) is 12.1 Å². The predicted molar refractivity (Wildman–Crippen MR) is 89.5 cm³/mol. The second kappa shape index (κ2) is 6.12. The maximum absolute atomic E-state index is 12.1. The number of fused-ring (bicyclic) bond motifs is 1. The summed E-state index contributed by atoms with van der Waals surface area (Å²) >= 11 is 0. The molecule has 0 aliphatic heterocycles. The third-order valence-corrected chi connectivity index (χ3v) is 3.75. The highest BCUT2D eigenvalue weighted by molar-refractivity contribution is 5.99. The molecule has 0 bridgehead atoms. The number of urea groups is 1. The minimum Gasteiger partial charge on any atom is -0.336 e. The monoisotopic (exact) mass is 312 g/mol. The molecule has 0 aliphatic rings. The number of hydrogen-bond donors (Lipinski definition) is 3. The zero-order valence-electron chi connectivity index (χ0n) is 13.4. The van der Waals surface area contributed by atoms with Gasteiger partial charge in [0.2, 0.25) is 0 Å². The van der Waals surface area contributed by atoms with Crippen molar-refractivity contribution in [3.8, 4) is 0 Å². The number of H-pyrrole nitrogens is 1. The van der Waals surface area contributed by atoms with E-state index in [2.05, 4.69) is 25.9 Å². The summed E-state index contributed by atoms with van der Waals surface area (Å²) in [6.07, 6.45) is 1.73. The van der Waals surface area contributed by atoms with Gasteiger partial charge in [0.05, 0.1) is 29.1 Å². The van der Waals surface area contributed by atoms with Crippen molar-refractivity contribution in [1.82, 2.24) is 25.3 Å². The van der Waals surface area contributed by atoms with Crippen molar-refractivity contribution in [3.05, 3.63) is 41.9 Å². The highest BCUT2D eigenvalue weighted by Gasteiger charge is 2.12. The molecule has 3 rings (SSSR count). The van der Waals surface area contributed by atoms with E-state index in [0.29, 0.717) is 12.2 Å². The number of carbonyl (C=O) groups is 1. The van der Waals surface area contributed by atoms with Gasteiger partial charge >= 0.3 is 6.03 Å². The van der Waals surface area contributed by atoms with Crippen LogP contribution in [0.15, 0.2) is 30.5 Å². The fraction of sp³-hybridized carbons (Fsp3) is 0.312. The van der Waals surface area contributed by atoms with Crippen LogP contribution in [0.2, 0.25) is 0 Å². The quantitative estimate of drug-likeness (QED) is 0.692. The Morgan fingerprint density at radius 2 is 2.22 bits per heavy atom. The Morgan fingerprint density at radius 3 is 2.96 bits per heavy atom. The molecular weight excluding hydrogens is 292 g/mol. The Hall–Kier alpha value is -2.83. The number of aromatic nitrogens is 4. The van der Waals surface area contributed by atoms with Gasteiger partial charge in [-0.25, -0.2) is 4.79 Å². The fourth-order valence-electron chi connectivity index (χ4n) is 2.66. The van der Waals surface area contributed by atoms with Gasteiger partial charge in [0, 0.05) is 17.6 Å². The standard InChI is InChI=1S/C16H20N6O/c1-10-7-11(2)22(21-10)12(3)8-17-16(23)19-14-6-4-5-13-9-18-20-15(13)14/h4-7,9,12H,8H2,1-3H3,(H,18,20)(H2,17,19,23). The maximum Gasteiger partial charge on any atom is 0.319 e. The highest BCUT2D eigenvalue weighted by Crippen LogP contribution is 2.20. The SMILES string of the molecule is Cc1cc(C)n(C(C)CNC(=O)Nc2cccc3cn[nH]c23)n1. The van der Waals surface area contributed by atoms with Crippen LogP contribution in [0.3, 0.4) is 0 Å². The lowest BCUT2D eigenvalue weighted by atomic mass is 10.2. The first-order valence-electron chi connectivity index (χ1n) is 7.54. The van der Waals surface area contributed by atoms with Crippen LogP contribution >= 0.6 is 0 Å². The van der Waals surface area contributed by atoms with Crippen LogP contribution in [-0.2, 0) is 0 Å². The largest absolute Gasteiger partial charge is 0.336 e. The van der Waals surface area contributed by atoms with Crippen LogP contribution < -0.4 is 10.6 Å². The average Bonchev–Trinajstić information content (AvgIpc) is 3.11. The first kappa shape index (κ1) is 15.1. The molecule has 7 nitrogen and oxygen atoms in total. The van der Waals surface area contributed by atoms with E-state index in [1.807, 2.05) is 49.7 Å². The summed E-state index contributed by atoms with van der Waals surface area (Å²) in [6, 6.07) is 7.51. The number of rotatable bonds is 4. The Labute approximate surface area is 134 Å². The van der Waals surface area contributed by atoms with Gasteiger partial charge in [-0.2, -0.15) is 10.2 Å². The van der Waals surface area contributed by atoms with Gasteiger partial charge in [0.25, 0.3) is 0 Å². The molecule has 23 heavy (non-hydrogen) atoms. The molecular formula is C16H20N6O. The normalized spacial score (nSPS) is 12.3. The molecule has 2 amide bonds. The number of anilines is 1. The lowest BCUT2D eigenvalue weighted by molar-refractivity contribution is 0.250. The lowest BCUT2D eigenvalue weighted by Crippen LogP contribution is -2.33. The maximum atomic E-state index is 12.1. The Bertz CT molecular complexity index is 834. The van der Waals surface area contributed by atoms with Crippen molar-refractivity contribution in [2.24, 2.45) is 0 Å². The minimum absolute atomic E-state index is 0.0809. The summed E-state index contributed by atoms with van der Waals surface area (Å²) in [5, 5.41) is 18.0. The molecule has 120 valence electrons. The van der Waals surface area contributed by atoms with Crippen LogP contribution in [0.1, 0.15) is 24.4 Å². The predicted octanol–water partition coefficient (Wildman–Crippen LogP) is 2.76. The van der Waals surface area contributed by atoms with Crippen molar-refractivity contribution in [1.29, 1.82) is 0 Å². The van der Waals surface area contributed by atoms with Crippen LogP contribution in [0.25, 0.3) is 10.9 Å². The number of nitrogens with one attached hydrogen (secondary N) is 3. The van der Waals surface area contributed by atoms with E-state index in [0.717, 1.165) is 22.3 Å². The summed E-state index contributed by atoms with van der Waals surface area (Å²) in [5.74, 6) is 0. The Balaban J connectivity index is 1.61. The molecule has 1 unspecified atom stereocenters. The molecule has 0 saturated heterocycles. The average molecular weight is 312 g/mol. The van der Waals surface area contributed by atoms with E-state index in [1.165, 1.54) is 0 Å². The smallest absolute Gasteiger partial charge is 0.319 e. The zero-order valence-corrected chi connectivity index (χ0v) is 13.4. The summed E-state index contributed by atoms with van der Waals surface area (Å²) in [7, 11) is 0. The second-order valence-electron chi connectivity index (χ2n) is 5.70. The number of hydrogen-bond acceptors (Lipinski definition) is 3. The summed E-state index contributed by atoms with van der Waals surface area (Å²) in [4.78, 5) is 12.1. The van der Waals surface area contributed by atoms with E-state index in [9.17, 15) is 4.79 Å². The van der Waals surface area contributed by atoms with Crippen molar-refractivity contribution in [2.45, 2.75) is 26.8 Å². The molecule has 0 radical (unpaired) electrons. The fourth-order valence-corrected chi connectivity index (χ4v) is 2.66. The van der Waals surface area contributed by atoms with Crippen molar-refractivity contribution in [2.75, 3.05) is 11.9 Å². The first-order chi connectivity index (χ1) is 11.0. The molecule has 0 aliphatic carbocycles. The van der Waals surface area contributed by atoms with Gasteiger partial charge in [-0.05, 0) is 32.9 Å². The highest BCUT2D eigenvalue weighted by atomic mass is 16.2. The number of aryl methyl sites for hydroxylation is 2. The van der Waals surface area contributed by atoms with Crippen molar-refractivity contribution < 1.29 is 4.79 Å². The molecule has 2 heterocycles. The summed E-state index contributed by atoms with van der Waals surface area (Å²) in [6.45, 7) is 6.49. The minimum atomic E-state index is -0.250. The number of nitrogens with zero attached hydrogens (tertiary/aromatic N) is 3. The first-order valence-corrected chi connectivity index (χ1v) is 7.54. The third kappa shape index (κ3) is 3.18. The van der Waals surface area contributed by atoms with E-state index in [1.54, 1.807) is 6.20 Å². The van der Waals surface area contributed by atoms with E-state index in [4.69, 9.17) is 0 Å². The van der Waals surface area contributed by atoms with Gasteiger partial charge in [0.1, 0.15) is 0 Å². The zero-order chi connectivity index (χ0) is 16.4. The van der Waals surface area contributed by atoms with Gasteiger partial charge < -0.3 is 10.6 Å². The molecule has 1 atom stereocenters. The number of aromatic amines is 1. The van der Waals surface area contributed by atoms with E-state index >= 15 is 0 Å². The Morgan fingerprint density at radius 1 is 1.39 bits per heavy atom. The number of benzene rings is 1.